The van der Waals surface area contributed by atoms with Crippen LogP contribution in [0, 0.1) is 73.1 Å². The van der Waals surface area contributed by atoms with Crippen LogP contribution in [0.2, 0.25) is 0 Å². The Balaban J connectivity index is 0.000000147. The molecule has 3 saturated heterocycles. The van der Waals surface area contributed by atoms with Gasteiger partial charge >= 0.3 is 17.1 Å². The number of aromatic nitrogens is 12. The maximum Gasteiger partial charge on any atom is 0.355 e. The normalized spacial score (nSPS) is 18.2. The monoisotopic (exact) mass is 1900 g/mol. The van der Waals surface area contributed by atoms with E-state index in [4.69, 9.17) is 0 Å². The molecule has 42 heteroatoms. The highest BCUT2D eigenvalue weighted by atomic mass is 32.2. The maximum atomic E-state index is 16.7. The van der Waals surface area contributed by atoms with Gasteiger partial charge < -0.3 is 50.0 Å². The zero-order chi connectivity index (χ0) is 97.5. The first-order valence-electron chi connectivity index (χ1n) is 42.6. The lowest BCUT2D eigenvalue weighted by atomic mass is 10.0. The Labute approximate surface area is 767 Å². The zero-order valence-corrected chi connectivity index (χ0v) is 76.1. The first-order chi connectivity index (χ1) is 64.0. The van der Waals surface area contributed by atoms with Gasteiger partial charge in [0.2, 0.25) is 23.6 Å². The van der Waals surface area contributed by atoms with E-state index < -0.39 is 194 Å². The topological polar surface area (TPSA) is 377 Å². The van der Waals surface area contributed by atoms with Gasteiger partial charge in [0, 0.05) is 75.2 Å². The first kappa shape index (κ1) is 93.8. The van der Waals surface area contributed by atoms with E-state index >= 15 is 26.3 Å². The molecule has 0 bridgehead atoms. The quantitative estimate of drug-likeness (QED) is 0.0652. The number of hydrogen-bond acceptors (Lipinski definition) is 25. The number of sulfone groups is 1. The summed E-state index contributed by atoms with van der Waals surface area (Å²) in [6.07, 6.45) is 8.17. The van der Waals surface area contributed by atoms with Gasteiger partial charge in [0.1, 0.15) is 62.7 Å². The van der Waals surface area contributed by atoms with E-state index in [9.17, 15) is 70.5 Å². The molecule has 18 rings (SSSR count). The number of piperazine rings is 3. The standard InChI is InChI=1S/C31H28F3N7O4.C31H29F3N6O5S.C31H29F3N6O3S/c1-6-19(43)39-12-17-30(44)37-26-21-28(40(17)11-15(39)5)38-31(45)41(27-14(4)9-10-35-24(27)13(2)3)29(21)36-25(23(26)34)20-18(42)8-7-16(32)22(20)33;1-6-20(42)38-12-17-13-46(44,45)28-22-29(39(17)11-16(38)5)37-31(43)40(27-15(4)9-10-35-25(27)14(2)3)30(22)36-26(24(28)34)21-19(41)8-7-18(32)23(21)33;1-6-20(42)38-12-17-13-44-28-22-29(39(17)11-16(38)5)37-31(43)40(27-15(4)9-10-35-25(27)14(2)3)30(22)36-26(24(28)34)21-19(41)8-7-18(32)23(21)33/h6-10,13,15,17,42H,1,11-12H2,2-5H3,(H,37,44);6-10,14,16-17,41H,1,11-13H2,2-5H3;6-10,14,16-17,41H,1,11-13H2,2-5H3. The van der Waals surface area contributed by atoms with Crippen molar-refractivity contribution in [3.8, 4) is 68.1 Å². The molecule has 6 aliphatic heterocycles. The molecule has 0 aliphatic carbocycles. The molecule has 9 aromatic heterocycles. The highest BCUT2D eigenvalue weighted by molar-refractivity contribution is 7.99. The third-order valence-electron chi connectivity index (χ3n) is 24.8. The van der Waals surface area contributed by atoms with E-state index in [1.54, 1.807) is 75.0 Å². The van der Waals surface area contributed by atoms with Crippen molar-refractivity contribution in [2.45, 2.75) is 147 Å². The summed E-state index contributed by atoms with van der Waals surface area (Å²) in [5.74, 6) is -18.1. The fourth-order valence-electron chi connectivity index (χ4n) is 18.3. The minimum absolute atomic E-state index is 0.0144. The van der Waals surface area contributed by atoms with Gasteiger partial charge in [0.25, 0.3) is 0 Å². The summed E-state index contributed by atoms with van der Waals surface area (Å²) in [7, 11) is -4.66. The molecule has 0 saturated carbocycles. The molecule has 4 N–H and O–H groups in total. The van der Waals surface area contributed by atoms with Crippen LogP contribution in [0.1, 0.15) is 114 Å². The summed E-state index contributed by atoms with van der Waals surface area (Å²) in [5, 5.41) is 34.0. The number of amides is 4. The number of nitrogens with one attached hydrogen (secondary N) is 1. The number of fused-ring (bicyclic) bond motifs is 6. The average Bonchev–Trinajstić information content (AvgIpc) is 1.67. The van der Waals surface area contributed by atoms with E-state index in [1.165, 1.54) is 31.5 Å². The summed E-state index contributed by atoms with van der Waals surface area (Å²) >= 11 is 1.10. The third kappa shape index (κ3) is 15.7. The van der Waals surface area contributed by atoms with Crippen molar-refractivity contribution >= 4 is 101 Å². The number of anilines is 4. The van der Waals surface area contributed by atoms with Crippen molar-refractivity contribution in [2.24, 2.45) is 0 Å². The van der Waals surface area contributed by atoms with Crippen molar-refractivity contribution in [3.63, 3.8) is 0 Å². The highest BCUT2D eigenvalue weighted by Crippen LogP contribution is 2.50. The predicted octanol–water partition coefficient (Wildman–Crippen LogP) is 12.8. The number of phenolic OH excluding ortho intramolecular Hbond substituents is 3. The molecule has 6 aliphatic rings. The molecule has 4 amide bonds. The number of nitrogens with zero attached hydrogens (tertiary/aromatic N) is 18. The van der Waals surface area contributed by atoms with Crippen LogP contribution in [-0.4, -0.2) is 208 Å². The minimum Gasteiger partial charge on any atom is -0.507 e. The smallest absolute Gasteiger partial charge is 0.355 e. The molecule has 15 heterocycles. The van der Waals surface area contributed by atoms with Gasteiger partial charge in [-0.3, -0.25) is 34.1 Å². The van der Waals surface area contributed by atoms with Crippen molar-refractivity contribution in [1.29, 1.82) is 0 Å². The SMILES string of the molecule is C=CC(=O)N1CC2C(=O)Nc3c(F)c(-c4c(O)ccc(F)c4F)nc4c3c(nc(=O)n4-c3c(C)ccnc3C(C)C)N2CC1C.C=CC(=O)N1CC2CS(=O)(=O)c3c(F)c(-c4c(O)ccc(F)c4F)nc4c3c(nc(=O)n4-c3c(C)ccnc3C(C)C)N2CC1C.C=CC(=O)N1CC2CSc3c(F)c(-c4c(O)ccc(F)c4F)nc4c3c(nc(=O)n4-c3c(C)ccnc3C(C)C)N2CC1C. The highest BCUT2D eigenvalue weighted by Gasteiger charge is 2.48. The van der Waals surface area contributed by atoms with Gasteiger partial charge in [-0.15, -0.1) is 11.8 Å². The molecular weight excluding hydrogens is 1810 g/mol. The van der Waals surface area contributed by atoms with E-state index in [0.717, 1.165) is 57.3 Å². The van der Waals surface area contributed by atoms with Crippen LogP contribution in [0.4, 0.5) is 62.7 Å². The van der Waals surface area contributed by atoms with E-state index in [2.05, 4.69) is 69.9 Å². The van der Waals surface area contributed by atoms with Gasteiger partial charge in [-0.25, -0.2) is 91.0 Å². The fourth-order valence-corrected chi connectivity index (χ4v) is 21.3. The number of aryl methyl sites for hydroxylation is 3. The molecule has 700 valence electrons. The number of hydrogen-bond donors (Lipinski definition) is 4. The number of benzene rings is 3. The number of rotatable bonds is 12. The lowest BCUT2D eigenvalue weighted by Gasteiger charge is -2.45. The van der Waals surface area contributed by atoms with Crippen LogP contribution in [0.25, 0.3) is 83.9 Å². The molecule has 3 aromatic carbocycles. The van der Waals surface area contributed by atoms with Crippen LogP contribution in [0.5, 0.6) is 17.2 Å². The number of aromatic hydroxyl groups is 3. The minimum atomic E-state index is -4.66. The van der Waals surface area contributed by atoms with E-state index in [0.29, 0.717) is 63.8 Å². The Morgan fingerprint density at radius 3 is 1.21 bits per heavy atom. The summed E-state index contributed by atoms with van der Waals surface area (Å²) in [5.41, 5.74) is -4.80. The Morgan fingerprint density at radius 1 is 0.452 bits per heavy atom. The zero-order valence-electron chi connectivity index (χ0n) is 74.4. The predicted molar refractivity (Wildman–Crippen MR) is 485 cm³/mol. The number of halogens is 9. The second-order valence-electron chi connectivity index (χ2n) is 34.4. The molecule has 0 radical (unpaired) electrons. The van der Waals surface area contributed by atoms with Crippen LogP contribution in [-0.2, 0) is 29.0 Å². The average molecular weight is 1900 g/mol. The van der Waals surface area contributed by atoms with Crippen molar-refractivity contribution < 1.29 is 82.4 Å². The van der Waals surface area contributed by atoms with Gasteiger partial charge in [-0.1, -0.05) is 61.3 Å². The molecule has 135 heavy (non-hydrogen) atoms. The second kappa shape index (κ2) is 35.5. The number of thioether (sulfide) groups is 1. The first-order valence-corrected chi connectivity index (χ1v) is 45.2. The molecule has 0 spiro atoms. The molecule has 12 aromatic rings. The molecule has 6 unspecified atom stereocenters. The Morgan fingerprint density at radius 2 is 0.800 bits per heavy atom. The van der Waals surface area contributed by atoms with Gasteiger partial charge in [-0.2, -0.15) is 15.0 Å². The van der Waals surface area contributed by atoms with Gasteiger partial charge in [0.05, 0.1) is 102 Å². The molecule has 31 nitrogen and oxygen atoms in total. The maximum absolute atomic E-state index is 16.7. The third-order valence-corrected chi connectivity index (χ3v) is 27.8. The van der Waals surface area contributed by atoms with Gasteiger partial charge in [-0.05, 0) is 149 Å². The van der Waals surface area contributed by atoms with Crippen LogP contribution in [0.15, 0.2) is 135 Å². The Hall–Kier alpha value is -14.5. The Bertz CT molecular complexity index is 7470. The molecular formula is C93H86F9N19O12S2. The lowest BCUT2D eigenvalue weighted by Crippen LogP contribution is -2.62. The summed E-state index contributed by atoms with van der Waals surface area (Å²) in [6.45, 7) is 32.7. The number of carbonyl (C=O) groups excluding carboxylic acids is 4. The summed E-state index contributed by atoms with van der Waals surface area (Å²) in [6, 6.07) is 5.86. The number of phenols is 3. The summed E-state index contributed by atoms with van der Waals surface area (Å²) in [4.78, 5) is 142. The van der Waals surface area contributed by atoms with E-state index in [-0.39, 0.29) is 130 Å². The fraction of sp³-hybridized carbons (Fsp3) is 0.312. The van der Waals surface area contributed by atoms with E-state index in [1.807, 2.05) is 53.4 Å². The van der Waals surface area contributed by atoms with Crippen molar-refractivity contribution in [1.82, 2.24) is 73.3 Å². The largest absolute Gasteiger partial charge is 0.507 e. The van der Waals surface area contributed by atoms with Crippen molar-refractivity contribution in [3.05, 3.63) is 229 Å². The number of carbonyl (C=O) groups is 4. The number of pyridine rings is 6. The Kier molecular flexibility index (Phi) is 24.7. The van der Waals surface area contributed by atoms with Crippen LogP contribution < -0.4 is 37.1 Å². The summed E-state index contributed by atoms with van der Waals surface area (Å²) < 4.78 is 171. The lowest BCUT2D eigenvalue weighted by molar-refractivity contribution is -0.131. The van der Waals surface area contributed by atoms with Crippen molar-refractivity contribution in [2.75, 3.05) is 70.8 Å². The molecule has 3 fully saturated rings. The van der Waals surface area contributed by atoms with Gasteiger partial charge in [0.15, 0.2) is 79.1 Å². The second-order valence-corrected chi connectivity index (χ2v) is 37.4. The molecule has 6 atom stereocenters. The van der Waals surface area contributed by atoms with Crippen LogP contribution in [0.3, 0.4) is 0 Å². The van der Waals surface area contributed by atoms with Crippen LogP contribution >= 0.6 is 11.8 Å².